The maximum Gasteiger partial charge on any atom is 0.243 e. The normalized spacial score (nSPS) is 16.9. The van der Waals surface area contributed by atoms with Crippen LogP contribution in [-0.2, 0) is 10.0 Å². The second kappa shape index (κ2) is 9.75. The Labute approximate surface area is 196 Å². The Morgan fingerprint density at radius 1 is 0.719 bits per heavy atom. The molecule has 1 aliphatic heterocycles. The van der Waals surface area contributed by atoms with Crippen molar-refractivity contribution in [2.24, 2.45) is 0 Å². The van der Waals surface area contributed by atoms with Gasteiger partial charge in [-0.15, -0.1) is 0 Å². The number of sulfonamides is 1. The minimum Gasteiger partial charge on any atom is -0.290 e. The summed E-state index contributed by atoms with van der Waals surface area (Å²) in [5, 5.41) is 0.708. The molecule has 3 aromatic carbocycles. The first-order chi connectivity index (χ1) is 15.4. The topological polar surface area (TPSA) is 40.6 Å². The lowest BCUT2D eigenvalue weighted by molar-refractivity contribution is 0.156. The molecule has 0 spiro atoms. The third kappa shape index (κ3) is 4.91. The van der Waals surface area contributed by atoms with Crippen molar-refractivity contribution >= 4 is 21.6 Å². The monoisotopic (exact) mass is 468 g/mol. The van der Waals surface area contributed by atoms with E-state index in [0.717, 1.165) is 11.1 Å². The molecule has 168 valence electrons. The predicted molar refractivity (Wildman–Crippen MR) is 131 cm³/mol. The Morgan fingerprint density at radius 2 is 1.25 bits per heavy atom. The fraction of sp³-hybridized carbons (Fsp3) is 0.308. The number of rotatable bonds is 6. The summed E-state index contributed by atoms with van der Waals surface area (Å²) >= 11 is 6.12. The van der Waals surface area contributed by atoms with E-state index in [1.807, 2.05) is 42.5 Å². The van der Waals surface area contributed by atoms with E-state index in [9.17, 15) is 8.42 Å². The van der Waals surface area contributed by atoms with Crippen molar-refractivity contribution in [3.8, 4) is 0 Å². The smallest absolute Gasteiger partial charge is 0.243 e. The van der Waals surface area contributed by atoms with E-state index in [1.165, 1.54) is 5.56 Å². The van der Waals surface area contributed by atoms with Crippen molar-refractivity contribution in [1.82, 2.24) is 9.21 Å². The fourth-order valence-electron chi connectivity index (χ4n) is 4.27. The average Bonchev–Trinajstić information content (AvgIpc) is 2.81. The summed E-state index contributed by atoms with van der Waals surface area (Å²) in [6.07, 6.45) is 0. The highest BCUT2D eigenvalue weighted by atomic mass is 35.5. The van der Waals surface area contributed by atoms with Gasteiger partial charge in [0.2, 0.25) is 10.0 Å². The standard InChI is InChI=1S/C26H29ClN2O2S/c1-20(2)21-10-14-25(15-11-21)32(30,31)29-18-16-28(17-19-29)26(22-6-4-3-5-7-22)23-8-12-24(27)13-9-23/h3-15,20,26H,16-19H2,1-2H3/t26-/m1/s1. The molecule has 6 heteroatoms. The summed E-state index contributed by atoms with van der Waals surface area (Å²) < 4.78 is 28.0. The van der Waals surface area contributed by atoms with Gasteiger partial charge in [0.05, 0.1) is 10.9 Å². The van der Waals surface area contributed by atoms with Gasteiger partial charge in [-0.25, -0.2) is 8.42 Å². The third-order valence-corrected chi connectivity index (χ3v) is 8.29. The first-order valence-electron chi connectivity index (χ1n) is 11.0. The van der Waals surface area contributed by atoms with Gasteiger partial charge in [-0.2, -0.15) is 4.31 Å². The van der Waals surface area contributed by atoms with Gasteiger partial charge in [0.25, 0.3) is 0 Å². The zero-order valence-electron chi connectivity index (χ0n) is 18.5. The van der Waals surface area contributed by atoms with Crippen LogP contribution in [-0.4, -0.2) is 43.8 Å². The first kappa shape index (κ1) is 23.0. The largest absolute Gasteiger partial charge is 0.290 e. The van der Waals surface area contributed by atoms with E-state index in [-0.39, 0.29) is 6.04 Å². The van der Waals surface area contributed by atoms with Crippen molar-refractivity contribution in [3.63, 3.8) is 0 Å². The molecule has 0 bridgehead atoms. The zero-order valence-corrected chi connectivity index (χ0v) is 20.1. The van der Waals surface area contributed by atoms with Gasteiger partial charge in [-0.3, -0.25) is 4.90 Å². The molecule has 0 N–H and O–H groups in total. The van der Waals surface area contributed by atoms with Crippen LogP contribution in [0.3, 0.4) is 0 Å². The van der Waals surface area contributed by atoms with Crippen molar-refractivity contribution in [2.75, 3.05) is 26.2 Å². The van der Waals surface area contributed by atoms with Gasteiger partial charge in [0.15, 0.2) is 0 Å². The highest BCUT2D eigenvalue weighted by Crippen LogP contribution is 2.31. The summed E-state index contributed by atoms with van der Waals surface area (Å²) in [6.45, 7) is 6.45. The second-order valence-corrected chi connectivity index (χ2v) is 10.9. The number of benzene rings is 3. The van der Waals surface area contributed by atoms with Crippen molar-refractivity contribution in [3.05, 3.63) is 101 Å². The second-order valence-electron chi connectivity index (χ2n) is 8.53. The molecule has 0 aliphatic carbocycles. The number of nitrogens with zero attached hydrogens (tertiary/aromatic N) is 2. The van der Waals surface area contributed by atoms with Crippen LogP contribution in [0.1, 0.15) is 42.5 Å². The molecule has 4 nitrogen and oxygen atoms in total. The quantitative estimate of drug-likeness (QED) is 0.475. The highest BCUT2D eigenvalue weighted by molar-refractivity contribution is 7.89. The number of piperazine rings is 1. The van der Waals surface area contributed by atoms with Crippen LogP contribution >= 0.6 is 11.6 Å². The van der Waals surface area contributed by atoms with Crippen LogP contribution in [0.5, 0.6) is 0 Å². The molecule has 0 radical (unpaired) electrons. The van der Waals surface area contributed by atoms with Crippen LogP contribution < -0.4 is 0 Å². The molecule has 0 saturated carbocycles. The summed E-state index contributed by atoms with van der Waals surface area (Å²) in [7, 11) is -3.50. The molecule has 3 aromatic rings. The Bertz CT molecular complexity index is 1120. The zero-order chi connectivity index (χ0) is 22.7. The SMILES string of the molecule is CC(C)c1ccc(S(=O)(=O)N2CCN([C@H](c3ccccc3)c3ccc(Cl)cc3)CC2)cc1. The van der Waals surface area contributed by atoms with Crippen LogP contribution in [0.15, 0.2) is 83.8 Å². The molecule has 32 heavy (non-hydrogen) atoms. The van der Waals surface area contributed by atoms with Gasteiger partial charge in [-0.1, -0.05) is 80.0 Å². The van der Waals surface area contributed by atoms with Crippen LogP contribution in [0.4, 0.5) is 0 Å². The maximum absolute atomic E-state index is 13.2. The van der Waals surface area contributed by atoms with Gasteiger partial charge < -0.3 is 0 Å². The van der Waals surface area contributed by atoms with E-state index < -0.39 is 10.0 Å². The Morgan fingerprint density at radius 3 is 1.81 bits per heavy atom. The Kier molecular flexibility index (Phi) is 7.01. The summed E-state index contributed by atoms with van der Waals surface area (Å²) in [5.41, 5.74) is 3.49. The number of halogens is 1. The molecular formula is C26H29ClN2O2S. The lowest BCUT2D eigenvalue weighted by Gasteiger charge is -2.39. The molecular weight excluding hydrogens is 440 g/mol. The summed E-state index contributed by atoms with van der Waals surface area (Å²) in [6, 6.07) is 25.6. The van der Waals surface area contributed by atoms with Crippen LogP contribution in [0, 0.1) is 0 Å². The summed E-state index contributed by atoms with van der Waals surface area (Å²) in [5.74, 6) is 0.373. The van der Waals surface area contributed by atoms with Crippen LogP contribution in [0.2, 0.25) is 5.02 Å². The van der Waals surface area contributed by atoms with Gasteiger partial charge in [-0.05, 0) is 46.9 Å². The van der Waals surface area contributed by atoms with Gasteiger partial charge >= 0.3 is 0 Å². The molecule has 1 saturated heterocycles. The lowest BCUT2D eigenvalue weighted by Crippen LogP contribution is -2.49. The molecule has 0 unspecified atom stereocenters. The van der Waals surface area contributed by atoms with Crippen molar-refractivity contribution in [2.45, 2.75) is 30.7 Å². The third-order valence-electron chi connectivity index (χ3n) is 6.12. The van der Waals surface area contributed by atoms with E-state index in [4.69, 9.17) is 11.6 Å². The minimum atomic E-state index is -3.50. The molecule has 1 atom stereocenters. The van der Waals surface area contributed by atoms with Gasteiger partial charge in [0.1, 0.15) is 0 Å². The molecule has 1 aliphatic rings. The van der Waals surface area contributed by atoms with Gasteiger partial charge in [0, 0.05) is 31.2 Å². The Balaban J connectivity index is 1.53. The maximum atomic E-state index is 13.2. The number of hydrogen-bond donors (Lipinski definition) is 0. The minimum absolute atomic E-state index is 0.0589. The molecule has 1 heterocycles. The van der Waals surface area contributed by atoms with E-state index in [0.29, 0.717) is 42.0 Å². The van der Waals surface area contributed by atoms with Crippen LogP contribution in [0.25, 0.3) is 0 Å². The highest BCUT2D eigenvalue weighted by Gasteiger charge is 2.32. The molecule has 0 aromatic heterocycles. The lowest BCUT2D eigenvalue weighted by atomic mass is 9.96. The summed E-state index contributed by atoms with van der Waals surface area (Å²) in [4.78, 5) is 2.72. The van der Waals surface area contributed by atoms with E-state index >= 15 is 0 Å². The van der Waals surface area contributed by atoms with E-state index in [2.05, 4.69) is 43.0 Å². The van der Waals surface area contributed by atoms with Crippen molar-refractivity contribution in [1.29, 1.82) is 0 Å². The molecule has 4 rings (SSSR count). The predicted octanol–water partition coefficient (Wildman–Crippen LogP) is 5.56. The van der Waals surface area contributed by atoms with Crippen molar-refractivity contribution < 1.29 is 8.42 Å². The molecule has 1 fully saturated rings. The van der Waals surface area contributed by atoms with E-state index in [1.54, 1.807) is 16.4 Å². The first-order valence-corrected chi connectivity index (χ1v) is 12.8. The Hall–Kier alpha value is -2.18. The molecule has 0 amide bonds. The average molecular weight is 469 g/mol. The number of hydrogen-bond acceptors (Lipinski definition) is 3. The fourth-order valence-corrected chi connectivity index (χ4v) is 5.82.